The first kappa shape index (κ1) is 22.7. The SMILES string of the molecule is CCCCCN(Cc1ccc(Cl)cc1)C(=O)c1cn(C2CCNCC2)nn1.Cl. The van der Waals surface area contributed by atoms with E-state index in [0.717, 1.165) is 57.3 Å². The Labute approximate surface area is 178 Å². The molecule has 1 aliphatic rings. The summed E-state index contributed by atoms with van der Waals surface area (Å²) in [6.45, 7) is 5.40. The van der Waals surface area contributed by atoms with Crippen LogP contribution in [0.3, 0.4) is 0 Å². The highest BCUT2D eigenvalue weighted by Crippen LogP contribution is 2.18. The van der Waals surface area contributed by atoms with E-state index < -0.39 is 0 Å². The Balaban J connectivity index is 0.00000280. The summed E-state index contributed by atoms with van der Waals surface area (Å²) in [6, 6.07) is 7.98. The molecule has 1 saturated heterocycles. The van der Waals surface area contributed by atoms with Crippen LogP contribution in [0.1, 0.15) is 61.1 Å². The summed E-state index contributed by atoms with van der Waals surface area (Å²) < 4.78 is 1.86. The molecule has 0 atom stereocenters. The van der Waals surface area contributed by atoms with Crippen molar-refractivity contribution in [3.05, 3.63) is 46.7 Å². The molecule has 2 heterocycles. The largest absolute Gasteiger partial charge is 0.333 e. The molecule has 2 aromatic rings. The fourth-order valence-corrected chi connectivity index (χ4v) is 3.53. The molecule has 0 spiro atoms. The molecule has 1 fully saturated rings. The predicted molar refractivity (Wildman–Crippen MR) is 114 cm³/mol. The summed E-state index contributed by atoms with van der Waals surface area (Å²) in [5.74, 6) is -0.0544. The summed E-state index contributed by atoms with van der Waals surface area (Å²) in [4.78, 5) is 14.9. The highest BCUT2D eigenvalue weighted by Gasteiger charge is 2.22. The lowest BCUT2D eigenvalue weighted by atomic mass is 10.1. The monoisotopic (exact) mass is 425 g/mol. The van der Waals surface area contributed by atoms with Gasteiger partial charge in [0.15, 0.2) is 5.69 Å². The molecule has 0 unspecified atom stereocenters. The van der Waals surface area contributed by atoms with E-state index in [4.69, 9.17) is 11.6 Å². The highest BCUT2D eigenvalue weighted by molar-refractivity contribution is 6.30. The standard InChI is InChI=1S/C20H28ClN5O.ClH/c1-2-3-4-13-25(14-16-5-7-17(21)8-6-16)20(27)19-15-26(24-23-19)18-9-11-22-12-10-18;/h5-8,15,18,22H,2-4,9-14H2,1H3;1H. The number of nitrogens with zero attached hydrogens (tertiary/aromatic N) is 4. The molecule has 1 amide bonds. The quantitative estimate of drug-likeness (QED) is 0.646. The Morgan fingerprint density at radius 1 is 1.25 bits per heavy atom. The Bertz CT molecular complexity index is 728. The topological polar surface area (TPSA) is 63.1 Å². The first-order valence-electron chi connectivity index (χ1n) is 9.83. The lowest BCUT2D eigenvalue weighted by Crippen LogP contribution is -2.32. The third kappa shape index (κ3) is 6.19. The number of nitrogens with one attached hydrogen (secondary N) is 1. The zero-order valence-corrected chi connectivity index (χ0v) is 17.9. The van der Waals surface area contributed by atoms with Gasteiger partial charge in [-0.25, -0.2) is 4.68 Å². The molecule has 0 radical (unpaired) electrons. The van der Waals surface area contributed by atoms with Crippen LogP contribution in [-0.4, -0.2) is 45.4 Å². The predicted octanol–water partition coefficient (Wildman–Crippen LogP) is 4.11. The summed E-state index contributed by atoms with van der Waals surface area (Å²) in [6.07, 6.45) is 7.05. The minimum absolute atomic E-state index is 0. The van der Waals surface area contributed by atoms with Crippen LogP contribution in [0.15, 0.2) is 30.5 Å². The highest BCUT2D eigenvalue weighted by atomic mass is 35.5. The van der Waals surface area contributed by atoms with E-state index in [0.29, 0.717) is 23.3 Å². The van der Waals surface area contributed by atoms with Crippen LogP contribution < -0.4 is 5.32 Å². The van der Waals surface area contributed by atoms with Crippen molar-refractivity contribution in [3.8, 4) is 0 Å². The molecule has 0 bridgehead atoms. The molecule has 3 rings (SSSR count). The molecule has 1 aliphatic heterocycles. The van der Waals surface area contributed by atoms with Gasteiger partial charge in [0.25, 0.3) is 5.91 Å². The third-order valence-corrected chi connectivity index (χ3v) is 5.27. The normalized spacial score (nSPS) is 14.5. The van der Waals surface area contributed by atoms with Crippen molar-refractivity contribution in [3.63, 3.8) is 0 Å². The van der Waals surface area contributed by atoms with Gasteiger partial charge in [-0.1, -0.05) is 48.7 Å². The minimum atomic E-state index is -0.0544. The van der Waals surface area contributed by atoms with Gasteiger partial charge in [-0.3, -0.25) is 4.79 Å². The van der Waals surface area contributed by atoms with Crippen molar-refractivity contribution < 1.29 is 4.79 Å². The van der Waals surface area contributed by atoms with Gasteiger partial charge in [-0.05, 0) is 50.0 Å². The number of carbonyl (C=O) groups excluding carboxylic acids is 1. The van der Waals surface area contributed by atoms with Crippen molar-refractivity contribution in [1.29, 1.82) is 0 Å². The molecule has 1 aromatic heterocycles. The van der Waals surface area contributed by atoms with Crippen molar-refractivity contribution in [2.75, 3.05) is 19.6 Å². The van der Waals surface area contributed by atoms with Crippen LogP contribution in [0, 0.1) is 0 Å². The first-order valence-corrected chi connectivity index (χ1v) is 10.2. The first-order chi connectivity index (χ1) is 13.2. The fourth-order valence-electron chi connectivity index (χ4n) is 3.40. The van der Waals surface area contributed by atoms with E-state index >= 15 is 0 Å². The average molecular weight is 426 g/mol. The molecule has 6 nitrogen and oxygen atoms in total. The van der Waals surface area contributed by atoms with Gasteiger partial charge in [-0.2, -0.15) is 0 Å². The molecule has 8 heteroatoms. The Morgan fingerprint density at radius 2 is 1.96 bits per heavy atom. The second-order valence-electron chi connectivity index (χ2n) is 7.13. The van der Waals surface area contributed by atoms with Crippen LogP contribution in [0.5, 0.6) is 0 Å². The summed E-state index contributed by atoms with van der Waals surface area (Å²) in [7, 11) is 0. The molecular formula is C20H29Cl2N5O. The lowest BCUT2D eigenvalue weighted by molar-refractivity contribution is 0.0734. The van der Waals surface area contributed by atoms with E-state index in [1.807, 2.05) is 40.0 Å². The van der Waals surface area contributed by atoms with E-state index in [-0.39, 0.29) is 18.3 Å². The van der Waals surface area contributed by atoms with Crippen LogP contribution in [-0.2, 0) is 6.54 Å². The van der Waals surface area contributed by atoms with E-state index in [1.165, 1.54) is 0 Å². The summed E-state index contributed by atoms with van der Waals surface area (Å²) in [5.41, 5.74) is 1.49. The maximum Gasteiger partial charge on any atom is 0.276 e. The molecule has 0 aliphatic carbocycles. The van der Waals surface area contributed by atoms with Crippen LogP contribution in [0.2, 0.25) is 5.02 Å². The van der Waals surface area contributed by atoms with Gasteiger partial charge in [-0.15, -0.1) is 17.5 Å². The number of hydrogen-bond acceptors (Lipinski definition) is 4. The van der Waals surface area contributed by atoms with Gasteiger partial charge in [0.05, 0.1) is 12.2 Å². The van der Waals surface area contributed by atoms with Crippen molar-refractivity contribution in [2.24, 2.45) is 0 Å². The number of benzene rings is 1. The lowest BCUT2D eigenvalue weighted by Gasteiger charge is -2.23. The summed E-state index contributed by atoms with van der Waals surface area (Å²) in [5, 5.41) is 12.5. The number of carbonyl (C=O) groups is 1. The van der Waals surface area contributed by atoms with Gasteiger partial charge < -0.3 is 10.2 Å². The molecule has 154 valence electrons. The molecule has 1 N–H and O–H groups in total. The fraction of sp³-hybridized carbons (Fsp3) is 0.550. The maximum absolute atomic E-state index is 13.1. The summed E-state index contributed by atoms with van der Waals surface area (Å²) >= 11 is 5.98. The van der Waals surface area contributed by atoms with Gasteiger partial charge in [0.1, 0.15) is 0 Å². The van der Waals surface area contributed by atoms with Crippen LogP contribution in [0.25, 0.3) is 0 Å². The second-order valence-corrected chi connectivity index (χ2v) is 7.56. The molecular weight excluding hydrogens is 397 g/mol. The number of piperidine rings is 1. The second kappa shape index (κ2) is 11.4. The van der Waals surface area contributed by atoms with Gasteiger partial charge in [0.2, 0.25) is 0 Å². The van der Waals surface area contributed by atoms with Crippen molar-refractivity contribution in [2.45, 2.75) is 51.6 Å². The van der Waals surface area contributed by atoms with E-state index in [2.05, 4.69) is 22.6 Å². The van der Waals surface area contributed by atoms with Crippen LogP contribution in [0.4, 0.5) is 0 Å². The zero-order valence-electron chi connectivity index (χ0n) is 16.3. The maximum atomic E-state index is 13.1. The van der Waals surface area contributed by atoms with E-state index in [9.17, 15) is 4.79 Å². The average Bonchev–Trinajstić information content (AvgIpc) is 3.19. The van der Waals surface area contributed by atoms with Gasteiger partial charge >= 0.3 is 0 Å². The number of amides is 1. The number of hydrogen-bond donors (Lipinski definition) is 1. The van der Waals surface area contributed by atoms with Crippen molar-refractivity contribution >= 4 is 29.9 Å². The molecule has 28 heavy (non-hydrogen) atoms. The zero-order chi connectivity index (χ0) is 19.1. The van der Waals surface area contributed by atoms with Crippen molar-refractivity contribution in [1.82, 2.24) is 25.2 Å². The number of rotatable bonds is 8. The number of unbranched alkanes of at least 4 members (excludes halogenated alkanes) is 2. The van der Waals surface area contributed by atoms with E-state index in [1.54, 1.807) is 0 Å². The molecule has 1 aromatic carbocycles. The molecule has 0 saturated carbocycles. The van der Waals surface area contributed by atoms with Gasteiger partial charge in [0, 0.05) is 18.1 Å². The number of aromatic nitrogens is 3. The third-order valence-electron chi connectivity index (χ3n) is 5.02. The Hall–Kier alpha value is -1.63. The van der Waals surface area contributed by atoms with Crippen LogP contribution >= 0.6 is 24.0 Å². The Kier molecular flexibility index (Phi) is 9.22. The minimum Gasteiger partial charge on any atom is -0.333 e. The smallest absolute Gasteiger partial charge is 0.276 e. The Morgan fingerprint density at radius 3 is 2.64 bits per heavy atom. The number of halogens is 2.